The smallest absolute Gasteiger partial charge is 0.306 e. The summed E-state index contributed by atoms with van der Waals surface area (Å²) >= 11 is 12.6. The molecule has 132 valence electrons. The molecule has 2 N–H and O–H groups in total. The minimum atomic E-state index is -0.645. The zero-order valence-corrected chi connectivity index (χ0v) is 15.4. The number of hydrogen-bond donors (Lipinski definition) is 2. The van der Waals surface area contributed by atoms with Crippen molar-refractivity contribution in [1.82, 2.24) is 5.32 Å². The van der Waals surface area contributed by atoms with Gasteiger partial charge in [-0.3, -0.25) is 4.79 Å². The third kappa shape index (κ3) is 3.89. The Morgan fingerprint density at radius 2 is 1.83 bits per heavy atom. The fraction of sp³-hybridized carbons (Fsp3) is 0.632. The average Bonchev–Trinajstić information content (AvgIpc) is 3.03. The van der Waals surface area contributed by atoms with Gasteiger partial charge in [0.05, 0.1) is 5.92 Å². The average molecular weight is 370 g/mol. The van der Waals surface area contributed by atoms with Gasteiger partial charge in [0, 0.05) is 28.0 Å². The Bertz CT molecular complexity index is 591. The highest BCUT2D eigenvalue weighted by atomic mass is 35.5. The van der Waals surface area contributed by atoms with Gasteiger partial charge in [-0.2, -0.15) is 0 Å². The second-order valence-corrected chi connectivity index (χ2v) is 8.22. The number of halogens is 2. The van der Waals surface area contributed by atoms with Crippen LogP contribution in [0.15, 0.2) is 18.2 Å². The molecular weight excluding hydrogens is 345 g/mol. The van der Waals surface area contributed by atoms with E-state index in [1.54, 1.807) is 0 Å². The van der Waals surface area contributed by atoms with Crippen LogP contribution in [-0.2, 0) is 10.2 Å². The van der Waals surface area contributed by atoms with Crippen molar-refractivity contribution in [1.29, 1.82) is 0 Å². The van der Waals surface area contributed by atoms with Crippen molar-refractivity contribution in [2.24, 2.45) is 5.92 Å². The molecule has 2 fully saturated rings. The Morgan fingerprint density at radius 1 is 1.17 bits per heavy atom. The van der Waals surface area contributed by atoms with E-state index in [2.05, 4.69) is 11.4 Å². The number of benzene rings is 1. The van der Waals surface area contributed by atoms with E-state index in [9.17, 15) is 4.79 Å². The second kappa shape index (κ2) is 7.63. The van der Waals surface area contributed by atoms with E-state index in [4.69, 9.17) is 28.3 Å². The lowest BCUT2D eigenvalue weighted by atomic mass is 9.78. The van der Waals surface area contributed by atoms with Gasteiger partial charge in [0.2, 0.25) is 0 Å². The lowest BCUT2D eigenvalue weighted by Crippen LogP contribution is -2.43. The molecular formula is C19H25Cl2NO2. The predicted octanol–water partition coefficient (Wildman–Crippen LogP) is 5.04. The van der Waals surface area contributed by atoms with Crippen molar-refractivity contribution in [2.45, 2.75) is 62.8 Å². The van der Waals surface area contributed by atoms with Crippen molar-refractivity contribution in [3.63, 3.8) is 0 Å². The van der Waals surface area contributed by atoms with E-state index in [0.717, 1.165) is 50.1 Å². The SMILES string of the molecule is O=C(O)C1CCC(NCC2(c3ccc(Cl)cc3Cl)CCCC2)CC1. The summed E-state index contributed by atoms with van der Waals surface area (Å²) in [6, 6.07) is 6.28. The van der Waals surface area contributed by atoms with E-state index in [1.165, 1.54) is 18.4 Å². The highest BCUT2D eigenvalue weighted by molar-refractivity contribution is 6.35. The standard InChI is InChI=1S/C19H25Cl2NO2/c20-14-5-8-16(17(21)11-14)19(9-1-2-10-19)12-22-15-6-3-13(4-7-15)18(23)24/h5,8,11,13,15,22H,1-4,6-7,9-10,12H2,(H,23,24). The summed E-state index contributed by atoms with van der Waals surface area (Å²) in [7, 11) is 0. The molecule has 0 aliphatic heterocycles. The van der Waals surface area contributed by atoms with Crippen LogP contribution in [0.1, 0.15) is 56.9 Å². The maximum absolute atomic E-state index is 11.1. The Morgan fingerprint density at radius 3 is 2.42 bits per heavy atom. The van der Waals surface area contributed by atoms with Crippen LogP contribution in [0.25, 0.3) is 0 Å². The molecule has 0 unspecified atom stereocenters. The third-order valence-corrected chi connectivity index (χ3v) is 6.42. The summed E-state index contributed by atoms with van der Waals surface area (Å²) in [4.78, 5) is 11.1. The molecule has 0 atom stereocenters. The first kappa shape index (κ1) is 18.0. The molecule has 0 bridgehead atoms. The number of nitrogens with one attached hydrogen (secondary N) is 1. The molecule has 1 aromatic carbocycles. The molecule has 24 heavy (non-hydrogen) atoms. The van der Waals surface area contributed by atoms with Gasteiger partial charge in [-0.25, -0.2) is 0 Å². The van der Waals surface area contributed by atoms with Gasteiger partial charge < -0.3 is 10.4 Å². The summed E-state index contributed by atoms with van der Waals surface area (Å²) in [5, 5.41) is 14.3. The molecule has 2 saturated carbocycles. The molecule has 0 spiro atoms. The van der Waals surface area contributed by atoms with Crippen molar-refractivity contribution >= 4 is 29.2 Å². The molecule has 2 aliphatic rings. The molecule has 0 aromatic heterocycles. The summed E-state index contributed by atoms with van der Waals surface area (Å²) < 4.78 is 0. The quantitative estimate of drug-likeness (QED) is 0.764. The molecule has 0 heterocycles. The first-order valence-corrected chi connectivity index (χ1v) is 9.67. The summed E-state index contributed by atoms with van der Waals surface area (Å²) in [6.07, 6.45) is 8.20. The van der Waals surface area contributed by atoms with Crippen LogP contribution in [-0.4, -0.2) is 23.7 Å². The minimum absolute atomic E-state index is 0.0886. The Hall–Kier alpha value is -0.770. The van der Waals surface area contributed by atoms with Gasteiger partial charge in [-0.05, 0) is 56.2 Å². The Labute approximate surface area is 153 Å². The van der Waals surface area contributed by atoms with Crippen LogP contribution < -0.4 is 5.32 Å². The van der Waals surface area contributed by atoms with Crippen molar-refractivity contribution < 1.29 is 9.90 Å². The van der Waals surface area contributed by atoms with E-state index < -0.39 is 5.97 Å². The van der Waals surface area contributed by atoms with E-state index in [1.807, 2.05) is 12.1 Å². The van der Waals surface area contributed by atoms with E-state index in [0.29, 0.717) is 11.1 Å². The van der Waals surface area contributed by atoms with Gasteiger partial charge in [-0.15, -0.1) is 0 Å². The van der Waals surface area contributed by atoms with Crippen LogP contribution in [0.3, 0.4) is 0 Å². The van der Waals surface area contributed by atoms with Crippen LogP contribution >= 0.6 is 23.2 Å². The normalized spacial score (nSPS) is 26.4. The number of carboxylic acids is 1. The third-order valence-electron chi connectivity index (χ3n) is 5.87. The predicted molar refractivity (Wildman–Crippen MR) is 98.0 cm³/mol. The molecule has 5 heteroatoms. The highest BCUT2D eigenvalue weighted by Gasteiger charge is 2.38. The Balaban J connectivity index is 1.66. The lowest BCUT2D eigenvalue weighted by molar-refractivity contribution is -0.142. The van der Waals surface area contributed by atoms with E-state index >= 15 is 0 Å². The number of carbonyl (C=O) groups is 1. The molecule has 0 saturated heterocycles. The first-order valence-electron chi connectivity index (χ1n) is 8.92. The van der Waals surface area contributed by atoms with Gasteiger partial charge >= 0.3 is 5.97 Å². The maximum Gasteiger partial charge on any atom is 0.306 e. The van der Waals surface area contributed by atoms with Crippen LogP contribution in [0.4, 0.5) is 0 Å². The zero-order chi connectivity index (χ0) is 17.2. The molecule has 3 rings (SSSR count). The number of hydrogen-bond acceptors (Lipinski definition) is 2. The topological polar surface area (TPSA) is 49.3 Å². The minimum Gasteiger partial charge on any atom is -0.481 e. The van der Waals surface area contributed by atoms with Crippen molar-refractivity contribution in [3.05, 3.63) is 33.8 Å². The molecule has 2 aliphatic carbocycles. The van der Waals surface area contributed by atoms with Crippen molar-refractivity contribution in [3.8, 4) is 0 Å². The fourth-order valence-electron chi connectivity index (χ4n) is 4.40. The Kier molecular flexibility index (Phi) is 5.74. The first-order chi connectivity index (χ1) is 11.5. The van der Waals surface area contributed by atoms with Gasteiger partial charge in [0.15, 0.2) is 0 Å². The summed E-state index contributed by atoms with van der Waals surface area (Å²) in [5.74, 6) is -0.803. The van der Waals surface area contributed by atoms with Gasteiger partial charge in [0.25, 0.3) is 0 Å². The zero-order valence-electron chi connectivity index (χ0n) is 13.9. The summed E-state index contributed by atoms with van der Waals surface area (Å²) in [6.45, 7) is 0.913. The molecule has 0 amide bonds. The van der Waals surface area contributed by atoms with Crippen LogP contribution in [0.2, 0.25) is 10.0 Å². The summed E-state index contributed by atoms with van der Waals surface area (Å²) in [5.41, 5.74) is 1.29. The van der Waals surface area contributed by atoms with Gasteiger partial charge in [-0.1, -0.05) is 42.1 Å². The highest BCUT2D eigenvalue weighted by Crippen LogP contribution is 2.44. The fourth-order valence-corrected chi connectivity index (χ4v) is 5.01. The largest absolute Gasteiger partial charge is 0.481 e. The van der Waals surface area contributed by atoms with Crippen molar-refractivity contribution in [2.75, 3.05) is 6.54 Å². The maximum atomic E-state index is 11.1. The molecule has 0 radical (unpaired) electrons. The second-order valence-electron chi connectivity index (χ2n) is 7.38. The molecule has 3 nitrogen and oxygen atoms in total. The van der Waals surface area contributed by atoms with E-state index in [-0.39, 0.29) is 11.3 Å². The van der Waals surface area contributed by atoms with Crippen LogP contribution in [0.5, 0.6) is 0 Å². The number of rotatable bonds is 5. The number of aliphatic carboxylic acids is 1. The molecule has 1 aromatic rings. The van der Waals surface area contributed by atoms with Crippen LogP contribution in [0, 0.1) is 5.92 Å². The number of carboxylic acid groups (broad SMARTS) is 1. The monoisotopic (exact) mass is 369 g/mol. The van der Waals surface area contributed by atoms with Gasteiger partial charge in [0.1, 0.15) is 0 Å². The lowest BCUT2D eigenvalue weighted by Gasteiger charge is -2.35.